The van der Waals surface area contributed by atoms with Gasteiger partial charge in [0, 0.05) is 24.5 Å². The zero-order valence-electron chi connectivity index (χ0n) is 11.3. The number of fused-ring (bicyclic) bond motifs is 1. The van der Waals surface area contributed by atoms with Crippen molar-refractivity contribution in [3.8, 4) is 0 Å². The van der Waals surface area contributed by atoms with Crippen LogP contribution in [0.4, 0.5) is 0 Å². The van der Waals surface area contributed by atoms with E-state index in [1.54, 1.807) is 0 Å². The molecule has 0 aliphatic carbocycles. The number of nitrogens with two attached hydrogens (primary N) is 1. The summed E-state index contributed by atoms with van der Waals surface area (Å²) in [4.78, 5) is 7.29. The zero-order chi connectivity index (χ0) is 12.5. The molecule has 3 heterocycles. The average molecular weight is 248 g/mol. The van der Waals surface area contributed by atoms with Crippen LogP contribution in [0.2, 0.25) is 0 Å². The van der Waals surface area contributed by atoms with Gasteiger partial charge in [-0.1, -0.05) is 13.3 Å². The van der Waals surface area contributed by atoms with Crippen LogP contribution >= 0.6 is 0 Å². The maximum Gasteiger partial charge on any atom is 0.126 e. The van der Waals surface area contributed by atoms with Crippen LogP contribution < -0.4 is 5.73 Å². The first-order valence-corrected chi connectivity index (χ1v) is 7.33. The van der Waals surface area contributed by atoms with Crippen molar-refractivity contribution in [2.24, 2.45) is 5.73 Å². The molecule has 3 rings (SSSR count). The summed E-state index contributed by atoms with van der Waals surface area (Å²) in [6.07, 6.45) is 8.18. The Labute approximate surface area is 109 Å². The van der Waals surface area contributed by atoms with E-state index in [0.29, 0.717) is 12.1 Å². The minimum absolute atomic E-state index is 0.309. The standard InChI is InChI=1S/C14H24N4/c1-2-17-8-4-3-5-13(17)14-16-9-12-7-6-11(15)10-18(12)14/h9,11,13H,2-8,10,15H2,1H3. The van der Waals surface area contributed by atoms with Crippen molar-refractivity contribution < 1.29 is 0 Å². The fraction of sp³-hybridized carbons (Fsp3) is 0.786. The fourth-order valence-corrected chi connectivity index (χ4v) is 3.42. The Kier molecular flexibility index (Phi) is 3.39. The second-order valence-electron chi connectivity index (χ2n) is 5.66. The van der Waals surface area contributed by atoms with E-state index in [4.69, 9.17) is 10.7 Å². The van der Waals surface area contributed by atoms with E-state index in [0.717, 1.165) is 25.9 Å². The summed E-state index contributed by atoms with van der Waals surface area (Å²) in [6.45, 7) is 5.55. The smallest absolute Gasteiger partial charge is 0.126 e. The molecule has 1 saturated heterocycles. The Bertz CT molecular complexity index is 412. The summed E-state index contributed by atoms with van der Waals surface area (Å²) < 4.78 is 2.40. The molecule has 0 spiro atoms. The van der Waals surface area contributed by atoms with Gasteiger partial charge < -0.3 is 10.3 Å². The molecule has 0 amide bonds. The molecule has 18 heavy (non-hydrogen) atoms. The molecule has 0 radical (unpaired) electrons. The molecular formula is C14H24N4. The van der Waals surface area contributed by atoms with Crippen LogP contribution in [0.5, 0.6) is 0 Å². The number of likely N-dealkylation sites (tertiary alicyclic amines) is 1. The first-order chi connectivity index (χ1) is 8.79. The van der Waals surface area contributed by atoms with Crippen molar-refractivity contribution >= 4 is 0 Å². The van der Waals surface area contributed by atoms with E-state index in [1.165, 1.54) is 37.3 Å². The summed E-state index contributed by atoms with van der Waals surface area (Å²) in [5.41, 5.74) is 7.49. The van der Waals surface area contributed by atoms with E-state index < -0.39 is 0 Å². The van der Waals surface area contributed by atoms with Gasteiger partial charge in [0.1, 0.15) is 5.82 Å². The van der Waals surface area contributed by atoms with Gasteiger partial charge >= 0.3 is 0 Å². The molecule has 2 aliphatic heterocycles. The third-order valence-corrected chi connectivity index (χ3v) is 4.48. The van der Waals surface area contributed by atoms with Gasteiger partial charge in [0.25, 0.3) is 0 Å². The normalized spacial score (nSPS) is 29.2. The van der Waals surface area contributed by atoms with Crippen LogP contribution in [0.25, 0.3) is 0 Å². The average Bonchev–Trinajstić information content (AvgIpc) is 2.81. The minimum Gasteiger partial charge on any atom is -0.329 e. The van der Waals surface area contributed by atoms with Gasteiger partial charge in [-0.05, 0) is 38.8 Å². The molecule has 0 saturated carbocycles. The summed E-state index contributed by atoms with van der Waals surface area (Å²) >= 11 is 0. The SMILES string of the molecule is CCN1CCCCC1c1ncc2n1CC(N)CC2. The highest BCUT2D eigenvalue weighted by atomic mass is 15.2. The molecule has 4 nitrogen and oxygen atoms in total. The number of nitrogens with zero attached hydrogens (tertiary/aromatic N) is 3. The van der Waals surface area contributed by atoms with Crippen LogP contribution in [0.1, 0.15) is 50.2 Å². The molecule has 2 atom stereocenters. The highest BCUT2D eigenvalue weighted by Gasteiger charge is 2.29. The number of piperidine rings is 1. The lowest BCUT2D eigenvalue weighted by molar-refractivity contribution is 0.145. The predicted octanol–water partition coefficient (Wildman–Crippen LogP) is 1.70. The first kappa shape index (κ1) is 12.2. The highest BCUT2D eigenvalue weighted by molar-refractivity contribution is 5.13. The Hall–Kier alpha value is -0.870. The van der Waals surface area contributed by atoms with Gasteiger partial charge in [-0.3, -0.25) is 4.90 Å². The van der Waals surface area contributed by atoms with E-state index in [2.05, 4.69) is 22.6 Å². The van der Waals surface area contributed by atoms with Crippen molar-refractivity contribution in [2.75, 3.05) is 13.1 Å². The van der Waals surface area contributed by atoms with E-state index in [9.17, 15) is 0 Å². The zero-order valence-corrected chi connectivity index (χ0v) is 11.3. The van der Waals surface area contributed by atoms with Gasteiger partial charge in [-0.15, -0.1) is 0 Å². The molecule has 1 aromatic heterocycles. The monoisotopic (exact) mass is 248 g/mol. The molecule has 2 unspecified atom stereocenters. The molecule has 0 aromatic carbocycles. The third-order valence-electron chi connectivity index (χ3n) is 4.48. The summed E-state index contributed by atoms with van der Waals surface area (Å²) in [5, 5.41) is 0. The molecule has 0 bridgehead atoms. The van der Waals surface area contributed by atoms with Crippen molar-refractivity contribution in [1.29, 1.82) is 0 Å². The fourth-order valence-electron chi connectivity index (χ4n) is 3.42. The second kappa shape index (κ2) is 5.02. The number of rotatable bonds is 2. The predicted molar refractivity (Wildman–Crippen MR) is 72.4 cm³/mol. The van der Waals surface area contributed by atoms with Crippen molar-refractivity contribution in [3.63, 3.8) is 0 Å². The maximum absolute atomic E-state index is 6.11. The first-order valence-electron chi connectivity index (χ1n) is 7.33. The Morgan fingerprint density at radius 3 is 3.11 bits per heavy atom. The molecule has 2 aliphatic rings. The Balaban J connectivity index is 1.89. The highest BCUT2D eigenvalue weighted by Crippen LogP contribution is 2.31. The van der Waals surface area contributed by atoms with Crippen molar-refractivity contribution in [1.82, 2.24) is 14.5 Å². The summed E-state index contributed by atoms with van der Waals surface area (Å²) in [7, 11) is 0. The van der Waals surface area contributed by atoms with Gasteiger partial charge in [-0.2, -0.15) is 0 Å². The van der Waals surface area contributed by atoms with Crippen molar-refractivity contribution in [2.45, 2.75) is 57.7 Å². The third kappa shape index (κ3) is 2.08. The lowest BCUT2D eigenvalue weighted by atomic mass is 10.0. The number of imidazole rings is 1. The second-order valence-corrected chi connectivity index (χ2v) is 5.66. The number of hydrogen-bond acceptors (Lipinski definition) is 3. The van der Waals surface area contributed by atoms with Crippen LogP contribution in [-0.2, 0) is 13.0 Å². The maximum atomic E-state index is 6.11. The summed E-state index contributed by atoms with van der Waals surface area (Å²) in [5.74, 6) is 1.27. The molecule has 1 aromatic rings. The van der Waals surface area contributed by atoms with E-state index in [-0.39, 0.29) is 0 Å². The molecule has 4 heteroatoms. The van der Waals surface area contributed by atoms with Crippen LogP contribution in [0.15, 0.2) is 6.20 Å². The summed E-state index contributed by atoms with van der Waals surface area (Å²) in [6, 6.07) is 0.826. The van der Waals surface area contributed by atoms with E-state index >= 15 is 0 Å². The lowest BCUT2D eigenvalue weighted by Crippen LogP contribution is -2.37. The van der Waals surface area contributed by atoms with Crippen LogP contribution in [-0.4, -0.2) is 33.6 Å². The topological polar surface area (TPSA) is 47.1 Å². The van der Waals surface area contributed by atoms with Crippen molar-refractivity contribution in [3.05, 3.63) is 17.7 Å². The number of aromatic nitrogens is 2. The molecule has 1 fully saturated rings. The van der Waals surface area contributed by atoms with Crippen LogP contribution in [0.3, 0.4) is 0 Å². The van der Waals surface area contributed by atoms with Gasteiger partial charge in [0.2, 0.25) is 0 Å². The lowest BCUT2D eigenvalue weighted by Gasteiger charge is -2.35. The minimum atomic E-state index is 0.309. The molecular weight excluding hydrogens is 224 g/mol. The Morgan fingerprint density at radius 1 is 1.39 bits per heavy atom. The van der Waals surface area contributed by atoms with Gasteiger partial charge in [0.05, 0.1) is 6.04 Å². The molecule has 100 valence electrons. The number of aryl methyl sites for hydroxylation is 1. The van der Waals surface area contributed by atoms with E-state index in [1.807, 2.05) is 0 Å². The van der Waals surface area contributed by atoms with Crippen LogP contribution in [0, 0.1) is 0 Å². The Morgan fingerprint density at radius 2 is 2.28 bits per heavy atom. The largest absolute Gasteiger partial charge is 0.329 e. The number of hydrogen-bond donors (Lipinski definition) is 1. The quantitative estimate of drug-likeness (QED) is 0.866. The van der Waals surface area contributed by atoms with Gasteiger partial charge in [-0.25, -0.2) is 4.98 Å². The molecule has 2 N–H and O–H groups in total. The van der Waals surface area contributed by atoms with Gasteiger partial charge in [0.15, 0.2) is 0 Å².